The molecule has 17 heavy (non-hydrogen) atoms. The van der Waals surface area contributed by atoms with Gasteiger partial charge in [-0.3, -0.25) is 0 Å². The molecule has 0 radical (unpaired) electrons. The summed E-state index contributed by atoms with van der Waals surface area (Å²) in [6.45, 7) is 7.57. The van der Waals surface area contributed by atoms with Crippen LogP contribution in [-0.2, 0) is 9.53 Å². The quantitative estimate of drug-likeness (QED) is 0.547. The third-order valence-electron chi connectivity index (χ3n) is 3.35. The normalized spacial score (nSPS) is 18.6. The third-order valence-corrected chi connectivity index (χ3v) is 3.35. The minimum atomic E-state index is -0.963. The lowest BCUT2D eigenvalue weighted by atomic mass is 9.84. The highest BCUT2D eigenvalue weighted by atomic mass is 16.5. The molecule has 0 aromatic heterocycles. The fraction of sp³-hybridized carbons (Fsp3) is 0.643. The molecule has 0 aliphatic heterocycles. The largest absolute Gasteiger partial charge is 0.478 e. The molecule has 96 valence electrons. The molecule has 0 aromatic carbocycles. The SMILES string of the molecule is C=CCOC(CC1CCCCC1)C(=C)C(=O)O. The molecular formula is C14H22O3. The van der Waals surface area contributed by atoms with Gasteiger partial charge in [-0.2, -0.15) is 0 Å². The molecule has 1 rings (SSSR count). The van der Waals surface area contributed by atoms with E-state index >= 15 is 0 Å². The van der Waals surface area contributed by atoms with Crippen molar-refractivity contribution in [2.24, 2.45) is 5.92 Å². The van der Waals surface area contributed by atoms with E-state index in [9.17, 15) is 4.79 Å². The molecule has 0 heterocycles. The molecule has 1 aliphatic rings. The van der Waals surface area contributed by atoms with Gasteiger partial charge in [0.2, 0.25) is 0 Å². The number of aliphatic carboxylic acids is 1. The molecule has 1 saturated carbocycles. The Morgan fingerprint density at radius 3 is 2.59 bits per heavy atom. The van der Waals surface area contributed by atoms with Gasteiger partial charge in [0.15, 0.2) is 0 Å². The van der Waals surface area contributed by atoms with Crippen molar-refractivity contribution >= 4 is 5.97 Å². The number of hydrogen-bond donors (Lipinski definition) is 1. The Labute approximate surface area is 103 Å². The van der Waals surface area contributed by atoms with E-state index in [4.69, 9.17) is 9.84 Å². The van der Waals surface area contributed by atoms with Crippen LogP contribution in [0.3, 0.4) is 0 Å². The molecule has 3 nitrogen and oxygen atoms in total. The fourth-order valence-electron chi connectivity index (χ4n) is 2.36. The van der Waals surface area contributed by atoms with E-state index in [0.29, 0.717) is 12.5 Å². The minimum Gasteiger partial charge on any atom is -0.478 e. The number of carboxylic acids is 1. The Morgan fingerprint density at radius 1 is 1.41 bits per heavy atom. The van der Waals surface area contributed by atoms with Crippen molar-refractivity contribution in [1.29, 1.82) is 0 Å². The first-order valence-electron chi connectivity index (χ1n) is 6.29. The monoisotopic (exact) mass is 238 g/mol. The second-order valence-electron chi connectivity index (χ2n) is 4.68. The Bertz CT molecular complexity index is 277. The zero-order chi connectivity index (χ0) is 12.7. The first-order valence-corrected chi connectivity index (χ1v) is 6.29. The van der Waals surface area contributed by atoms with Crippen LogP contribution in [0.5, 0.6) is 0 Å². The first-order chi connectivity index (χ1) is 8.15. The maximum Gasteiger partial charge on any atom is 0.333 e. The van der Waals surface area contributed by atoms with Crippen molar-refractivity contribution in [1.82, 2.24) is 0 Å². The molecule has 0 saturated heterocycles. The van der Waals surface area contributed by atoms with E-state index < -0.39 is 5.97 Å². The molecule has 0 amide bonds. The molecule has 0 spiro atoms. The van der Waals surface area contributed by atoms with Crippen molar-refractivity contribution < 1.29 is 14.6 Å². The maximum absolute atomic E-state index is 10.9. The van der Waals surface area contributed by atoms with Gasteiger partial charge in [-0.05, 0) is 12.3 Å². The summed E-state index contributed by atoms with van der Waals surface area (Å²) in [6, 6.07) is 0. The molecule has 0 bridgehead atoms. The van der Waals surface area contributed by atoms with Crippen LogP contribution >= 0.6 is 0 Å². The highest BCUT2D eigenvalue weighted by molar-refractivity contribution is 5.86. The van der Waals surface area contributed by atoms with Crippen molar-refractivity contribution in [2.75, 3.05) is 6.61 Å². The van der Waals surface area contributed by atoms with Crippen LogP contribution in [0.1, 0.15) is 38.5 Å². The summed E-state index contributed by atoms with van der Waals surface area (Å²) in [5, 5.41) is 8.98. The number of rotatable bonds is 7. The van der Waals surface area contributed by atoms with Gasteiger partial charge in [-0.1, -0.05) is 44.8 Å². The molecule has 1 N–H and O–H groups in total. The lowest BCUT2D eigenvalue weighted by molar-refractivity contribution is -0.134. The van der Waals surface area contributed by atoms with E-state index in [-0.39, 0.29) is 11.7 Å². The highest BCUT2D eigenvalue weighted by Crippen LogP contribution is 2.29. The lowest BCUT2D eigenvalue weighted by Gasteiger charge is -2.26. The summed E-state index contributed by atoms with van der Waals surface area (Å²) < 4.78 is 5.52. The summed E-state index contributed by atoms with van der Waals surface area (Å²) in [6.07, 6.45) is 8.21. The topological polar surface area (TPSA) is 46.5 Å². The number of ether oxygens (including phenoxy) is 1. The van der Waals surface area contributed by atoms with Gasteiger partial charge < -0.3 is 9.84 Å². The van der Waals surface area contributed by atoms with E-state index in [1.165, 1.54) is 32.1 Å². The van der Waals surface area contributed by atoms with E-state index in [0.717, 1.165) is 6.42 Å². The number of hydrogen-bond acceptors (Lipinski definition) is 2. The minimum absolute atomic E-state index is 0.164. The molecule has 1 fully saturated rings. The predicted octanol–water partition coefficient (Wildman–Crippen LogP) is 3.17. The average Bonchev–Trinajstić information content (AvgIpc) is 2.34. The van der Waals surface area contributed by atoms with Gasteiger partial charge in [-0.15, -0.1) is 6.58 Å². The summed E-state index contributed by atoms with van der Waals surface area (Å²) in [4.78, 5) is 10.9. The van der Waals surface area contributed by atoms with Gasteiger partial charge in [0, 0.05) is 0 Å². The number of carboxylic acid groups (broad SMARTS) is 1. The second-order valence-corrected chi connectivity index (χ2v) is 4.68. The van der Waals surface area contributed by atoms with Crippen molar-refractivity contribution in [3.63, 3.8) is 0 Å². The Kier molecular flexibility index (Phi) is 5.98. The molecule has 3 heteroatoms. The van der Waals surface area contributed by atoms with Crippen LogP contribution in [-0.4, -0.2) is 23.8 Å². The zero-order valence-corrected chi connectivity index (χ0v) is 10.4. The van der Waals surface area contributed by atoms with Crippen LogP contribution in [0.2, 0.25) is 0 Å². The highest BCUT2D eigenvalue weighted by Gasteiger charge is 2.24. The van der Waals surface area contributed by atoms with E-state index in [2.05, 4.69) is 13.2 Å². The Balaban J connectivity index is 2.51. The Hall–Kier alpha value is -1.09. The second kappa shape index (κ2) is 7.28. The van der Waals surface area contributed by atoms with Gasteiger partial charge in [0.05, 0.1) is 18.3 Å². The number of carbonyl (C=O) groups is 1. The van der Waals surface area contributed by atoms with Crippen LogP contribution in [0.15, 0.2) is 24.8 Å². The zero-order valence-electron chi connectivity index (χ0n) is 10.4. The summed E-state index contributed by atoms with van der Waals surface area (Å²) in [7, 11) is 0. The maximum atomic E-state index is 10.9. The summed E-state index contributed by atoms with van der Waals surface area (Å²) in [5.74, 6) is -0.385. The Morgan fingerprint density at radius 2 is 2.06 bits per heavy atom. The van der Waals surface area contributed by atoms with Gasteiger partial charge in [0.1, 0.15) is 0 Å². The van der Waals surface area contributed by atoms with Gasteiger partial charge in [0.25, 0.3) is 0 Å². The van der Waals surface area contributed by atoms with Crippen molar-refractivity contribution in [3.8, 4) is 0 Å². The predicted molar refractivity (Wildman–Crippen MR) is 67.9 cm³/mol. The summed E-state index contributed by atoms with van der Waals surface area (Å²) >= 11 is 0. The van der Waals surface area contributed by atoms with E-state index in [1.807, 2.05) is 0 Å². The van der Waals surface area contributed by atoms with Crippen LogP contribution < -0.4 is 0 Å². The third kappa shape index (κ3) is 4.73. The van der Waals surface area contributed by atoms with E-state index in [1.54, 1.807) is 6.08 Å². The summed E-state index contributed by atoms with van der Waals surface area (Å²) in [5.41, 5.74) is 0.164. The smallest absolute Gasteiger partial charge is 0.333 e. The lowest BCUT2D eigenvalue weighted by Crippen LogP contribution is -2.25. The van der Waals surface area contributed by atoms with Crippen molar-refractivity contribution in [3.05, 3.63) is 24.8 Å². The van der Waals surface area contributed by atoms with Gasteiger partial charge in [-0.25, -0.2) is 4.79 Å². The average molecular weight is 238 g/mol. The van der Waals surface area contributed by atoms with Crippen molar-refractivity contribution in [2.45, 2.75) is 44.6 Å². The molecule has 0 aromatic rings. The van der Waals surface area contributed by atoms with Crippen LogP contribution in [0.25, 0.3) is 0 Å². The fourth-order valence-corrected chi connectivity index (χ4v) is 2.36. The first kappa shape index (κ1) is 14.0. The van der Waals surface area contributed by atoms with Crippen LogP contribution in [0, 0.1) is 5.92 Å². The molecule has 1 unspecified atom stereocenters. The van der Waals surface area contributed by atoms with Crippen LogP contribution in [0.4, 0.5) is 0 Å². The standard InChI is InChI=1S/C14H22O3/c1-3-9-17-13(11(2)14(15)16)10-12-7-5-4-6-8-12/h3,12-13H,1-2,4-10H2,(H,15,16). The molecule has 1 aliphatic carbocycles. The van der Waals surface area contributed by atoms with Gasteiger partial charge >= 0.3 is 5.97 Å². The molecular weight excluding hydrogens is 216 g/mol. The molecule has 1 atom stereocenters.